The third-order valence-corrected chi connectivity index (χ3v) is 4.75. The predicted octanol–water partition coefficient (Wildman–Crippen LogP) is 4.04. The monoisotopic (exact) mass is 389 g/mol. The number of amides is 1. The van der Waals surface area contributed by atoms with E-state index in [-0.39, 0.29) is 17.1 Å². The van der Waals surface area contributed by atoms with Crippen LogP contribution < -0.4 is 0 Å². The highest BCUT2D eigenvalue weighted by Crippen LogP contribution is 2.31. The van der Waals surface area contributed by atoms with E-state index in [0.717, 1.165) is 42.5 Å². The third kappa shape index (κ3) is 4.05. The lowest BCUT2D eigenvalue weighted by Gasteiger charge is -2.18. The number of alkyl halides is 3. The van der Waals surface area contributed by atoms with E-state index >= 15 is 0 Å². The van der Waals surface area contributed by atoms with Gasteiger partial charge in [0.1, 0.15) is 5.76 Å². The fourth-order valence-corrected chi connectivity index (χ4v) is 3.21. The lowest BCUT2D eigenvalue weighted by molar-refractivity contribution is -0.137. The van der Waals surface area contributed by atoms with Crippen LogP contribution in [0.3, 0.4) is 0 Å². The van der Waals surface area contributed by atoms with Gasteiger partial charge in [-0.3, -0.25) is 9.78 Å². The molecule has 3 rings (SSSR count). The van der Waals surface area contributed by atoms with Gasteiger partial charge < -0.3 is 15.4 Å². The summed E-state index contributed by atoms with van der Waals surface area (Å²) >= 11 is 0. The first-order chi connectivity index (χ1) is 13.3. The number of halogens is 3. The van der Waals surface area contributed by atoms with Gasteiger partial charge in [0.2, 0.25) is 0 Å². The van der Waals surface area contributed by atoms with Crippen molar-refractivity contribution >= 4 is 17.9 Å². The molecule has 146 valence electrons. The fourth-order valence-electron chi connectivity index (χ4n) is 3.21. The van der Waals surface area contributed by atoms with E-state index in [1.54, 1.807) is 12.4 Å². The first-order valence-electron chi connectivity index (χ1n) is 8.62. The van der Waals surface area contributed by atoms with E-state index < -0.39 is 23.4 Å². The molecule has 0 saturated carbocycles. The average Bonchev–Trinajstić information content (AvgIpc) is 3.19. The van der Waals surface area contributed by atoms with Crippen LogP contribution in [0.5, 0.6) is 0 Å². The van der Waals surface area contributed by atoms with Gasteiger partial charge in [-0.15, -0.1) is 0 Å². The molecule has 8 heteroatoms. The van der Waals surface area contributed by atoms with E-state index in [1.807, 2.05) is 12.1 Å². The Bertz CT molecular complexity index is 893. The third-order valence-electron chi connectivity index (χ3n) is 4.75. The summed E-state index contributed by atoms with van der Waals surface area (Å²) in [5.74, 6) is -0.935. The molecular weight excluding hydrogens is 371 g/mol. The maximum Gasteiger partial charge on any atom is 0.416 e. The summed E-state index contributed by atoms with van der Waals surface area (Å²) in [6.07, 6.45) is 0.371. The Balaban J connectivity index is 1.80. The number of carbonyl (C=O) groups is 1. The average molecular weight is 389 g/mol. The summed E-state index contributed by atoms with van der Waals surface area (Å²) in [6.45, 7) is 0.873. The largest absolute Gasteiger partial charge is 0.506 e. The molecule has 1 aliphatic rings. The minimum absolute atomic E-state index is 0.0443. The Morgan fingerprint density at radius 2 is 1.96 bits per heavy atom. The SMILES string of the molecule is N=C/C(C(=O)N1CCC(c2cccnc2)C1)=C(\O)c1ccc(C(F)(F)F)cc1. The number of rotatable bonds is 4. The van der Waals surface area contributed by atoms with Crippen molar-refractivity contribution in [2.45, 2.75) is 18.5 Å². The van der Waals surface area contributed by atoms with E-state index in [9.17, 15) is 23.1 Å². The van der Waals surface area contributed by atoms with E-state index in [4.69, 9.17) is 5.41 Å². The highest BCUT2D eigenvalue weighted by molar-refractivity contribution is 6.16. The quantitative estimate of drug-likeness (QED) is 0.471. The molecule has 1 aliphatic heterocycles. The number of nitrogens with zero attached hydrogens (tertiary/aromatic N) is 2. The Morgan fingerprint density at radius 1 is 1.25 bits per heavy atom. The number of likely N-dealkylation sites (tertiary alicyclic amines) is 1. The molecular formula is C20H18F3N3O2. The van der Waals surface area contributed by atoms with E-state index in [1.165, 1.54) is 4.90 Å². The number of aromatic nitrogens is 1. The highest BCUT2D eigenvalue weighted by Gasteiger charge is 2.31. The van der Waals surface area contributed by atoms with Gasteiger partial charge in [0, 0.05) is 43.2 Å². The lowest BCUT2D eigenvalue weighted by atomic mass is 10.0. The van der Waals surface area contributed by atoms with Gasteiger partial charge >= 0.3 is 6.18 Å². The zero-order valence-corrected chi connectivity index (χ0v) is 14.8. The van der Waals surface area contributed by atoms with Gasteiger partial charge in [-0.1, -0.05) is 18.2 Å². The molecule has 28 heavy (non-hydrogen) atoms. The fraction of sp³-hybridized carbons (Fsp3) is 0.250. The predicted molar refractivity (Wildman–Crippen MR) is 98.0 cm³/mol. The zero-order chi connectivity index (χ0) is 20.3. The van der Waals surface area contributed by atoms with Gasteiger partial charge in [0.05, 0.1) is 11.1 Å². The Labute approximate surface area is 159 Å². The van der Waals surface area contributed by atoms with Gasteiger partial charge in [0.25, 0.3) is 5.91 Å². The second-order valence-corrected chi connectivity index (χ2v) is 6.50. The number of aliphatic hydroxyl groups is 1. The summed E-state index contributed by atoms with van der Waals surface area (Å²) in [7, 11) is 0. The molecule has 5 nitrogen and oxygen atoms in total. The van der Waals surface area contributed by atoms with Crippen molar-refractivity contribution in [2.75, 3.05) is 13.1 Å². The van der Waals surface area contributed by atoms with Crippen LogP contribution in [0, 0.1) is 5.41 Å². The molecule has 0 aliphatic carbocycles. The highest BCUT2D eigenvalue weighted by atomic mass is 19.4. The second-order valence-electron chi connectivity index (χ2n) is 6.50. The van der Waals surface area contributed by atoms with Crippen molar-refractivity contribution in [3.05, 3.63) is 71.1 Å². The molecule has 1 saturated heterocycles. The summed E-state index contributed by atoms with van der Waals surface area (Å²) in [5, 5.41) is 17.9. The van der Waals surface area contributed by atoms with Gasteiger partial charge in [-0.25, -0.2) is 0 Å². The molecule has 2 aromatic rings. The summed E-state index contributed by atoms with van der Waals surface area (Å²) < 4.78 is 38.0. The maximum atomic E-state index is 12.8. The molecule has 2 heterocycles. The zero-order valence-electron chi connectivity index (χ0n) is 14.8. The number of pyridine rings is 1. The van der Waals surface area contributed by atoms with Gasteiger partial charge in [-0.2, -0.15) is 13.2 Å². The van der Waals surface area contributed by atoms with Crippen LogP contribution in [0.2, 0.25) is 0 Å². The molecule has 1 fully saturated rings. The summed E-state index contributed by atoms with van der Waals surface area (Å²) in [6, 6.07) is 7.56. The van der Waals surface area contributed by atoms with Crippen molar-refractivity contribution in [3.8, 4) is 0 Å². The van der Waals surface area contributed by atoms with Crippen LogP contribution in [0.25, 0.3) is 5.76 Å². The molecule has 0 spiro atoms. The molecule has 1 aromatic heterocycles. The Morgan fingerprint density at radius 3 is 2.54 bits per heavy atom. The Hall–Kier alpha value is -3.16. The minimum Gasteiger partial charge on any atom is -0.506 e. The van der Waals surface area contributed by atoms with Crippen molar-refractivity contribution < 1.29 is 23.1 Å². The number of hydrogen-bond donors (Lipinski definition) is 2. The van der Waals surface area contributed by atoms with E-state index in [2.05, 4.69) is 4.98 Å². The number of aliphatic hydroxyl groups excluding tert-OH is 1. The van der Waals surface area contributed by atoms with Crippen molar-refractivity contribution in [3.63, 3.8) is 0 Å². The number of carbonyl (C=O) groups excluding carboxylic acids is 1. The van der Waals surface area contributed by atoms with Crippen LogP contribution >= 0.6 is 0 Å². The number of benzene rings is 1. The van der Waals surface area contributed by atoms with Crippen molar-refractivity contribution in [1.82, 2.24) is 9.88 Å². The van der Waals surface area contributed by atoms with Crippen LogP contribution in [-0.4, -0.2) is 40.2 Å². The number of hydrogen-bond acceptors (Lipinski definition) is 4. The van der Waals surface area contributed by atoms with Crippen LogP contribution in [-0.2, 0) is 11.0 Å². The molecule has 2 N–H and O–H groups in total. The van der Waals surface area contributed by atoms with Crippen LogP contribution in [0.1, 0.15) is 29.0 Å². The first-order valence-corrected chi connectivity index (χ1v) is 8.62. The topological polar surface area (TPSA) is 77.3 Å². The van der Waals surface area contributed by atoms with Crippen molar-refractivity contribution in [1.29, 1.82) is 5.41 Å². The van der Waals surface area contributed by atoms with E-state index in [0.29, 0.717) is 13.1 Å². The van der Waals surface area contributed by atoms with Crippen molar-refractivity contribution in [2.24, 2.45) is 0 Å². The molecule has 1 atom stereocenters. The van der Waals surface area contributed by atoms with Gasteiger partial charge in [-0.05, 0) is 30.2 Å². The normalized spacial score (nSPS) is 18.0. The summed E-state index contributed by atoms with van der Waals surface area (Å²) in [4.78, 5) is 18.4. The van der Waals surface area contributed by atoms with Crippen LogP contribution in [0.15, 0.2) is 54.4 Å². The smallest absolute Gasteiger partial charge is 0.416 e. The Kier molecular flexibility index (Phi) is 5.48. The molecule has 1 amide bonds. The number of nitrogens with one attached hydrogen (secondary N) is 1. The molecule has 1 unspecified atom stereocenters. The molecule has 0 bridgehead atoms. The summed E-state index contributed by atoms with van der Waals surface area (Å²) in [5.41, 5.74) is -0.0646. The lowest BCUT2D eigenvalue weighted by Crippen LogP contribution is -2.30. The standard InChI is InChI=1S/C20H18F3N3O2/c21-20(22,23)16-5-3-13(4-6-16)18(27)17(10-24)19(28)26-9-7-15(12-26)14-2-1-8-25-11-14/h1-6,8,10-11,15,24,27H,7,9,12H2/b18-17+,24-10?. The maximum absolute atomic E-state index is 12.8. The first kappa shape index (κ1) is 19.6. The minimum atomic E-state index is -4.49. The van der Waals surface area contributed by atoms with Gasteiger partial charge in [0.15, 0.2) is 0 Å². The second kappa shape index (κ2) is 7.84. The molecule has 1 aromatic carbocycles. The molecule has 0 radical (unpaired) electrons. The van der Waals surface area contributed by atoms with Crippen LogP contribution in [0.4, 0.5) is 13.2 Å².